The molecule has 0 heterocycles. The summed E-state index contributed by atoms with van der Waals surface area (Å²) in [5.74, 6) is 0. The quantitative estimate of drug-likeness (QED) is 0.292. The zero-order valence-corrected chi connectivity index (χ0v) is 10.4. The van der Waals surface area contributed by atoms with E-state index in [1.54, 1.807) is 14.2 Å². The Labute approximate surface area is 104 Å². The molecule has 108 valence electrons. The van der Waals surface area contributed by atoms with E-state index in [0.29, 0.717) is 26.1 Å². The number of methoxy groups -OCH3 is 2. The average Bonchev–Trinajstić information content (AvgIpc) is 2.38. The largest absolute Gasteiger partial charge is 0.577 e. The molecule has 0 spiro atoms. The number of carbonyl (C=O) groups excluding carboxylic acids is 1. The molecule has 0 amide bonds. The molecule has 0 aromatic carbocycles. The molecule has 0 unspecified atom stereocenters. The number of carbonyl (C=O) groups is 1. The van der Waals surface area contributed by atoms with Crippen LogP contribution in [0.3, 0.4) is 0 Å². The van der Waals surface area contributed by atoms with E-state index in [9.17, 15) is 4.79 Å². The standard InChI is InChI=1S/C9H18O9/c1-11-5-3-7-13-17-15-9(10)16-18-14-8-4-6-12-2/h3-8H2,1-2H3. The van der Waals surface area contributed by atoms with Crippen LogP contribution in [0, 0.1) is 0 Å². The summed E-state index contributed by atoms with van der Waals surface area (Å²) in [5.41, 5.74) is 0. The van der Waals surface area contributed by atoms with Gasteiger partial charge in [-0.05, 0) is 22.9 Å². The number of hydrogen-bond acceptors (Lipinski definition) is 9. The van der Waals surface area contributed by atoms with Crippen molar-refractivity contribution < 1.29 is 43.9 Å². The van der Waals surface area contributed by atoms with Crippen LogP contribution in [0.2, 0.25) is 0 Å². The van der Waals surface area contributed by atoms with E-state index >= 15 is 0 Å². The Morgan fingerprint density at radius 2 is 1.22 bits per heavy atom. The van der Waals surface area contributed by atoms with Crippen LogP contribution in [-0.4, -0.2) is 46.8 Å². The van der Waals surface area contributed by atoms with Crippen LogP contribution in [0.5, 0.6) is 0 Å². The Morgan fingerprint density at radius 3 is 1.61 bits per heavy atom. The fourth-order valence-corrected chi connectivity index (χ4v) is 0.710. The van der Waals surface area contributed by atoms with Crippen LogP contribution < -0.4 is 0 Å². The first kappa shape index (κ1) is 17.0. The maximum Gasteiger partial charge on any atom is 0.577 e. The molecule has 9 nitrogen and oxygen atoms in total. The van der Waals surface area contributed by atoms with Crippen molar-refractivity contribution in [2.24, 2.45) is 0 Å². The first-order chi connectivity index (χ1) is 8.81. The van der Waals surface area contributed by atoms with E-state index in [0.717, 1.165) is 0 Å². The summed E-state index contributed by atoms with van der Waals surface area (Å²) in [6, 6.07) is 0. The van der Waals surface area contributed by atoms with Crippen molar-refractivity contribution in [3.05, 3.63) is 0 Å². The fraction of sp³-hybridized carbons (Fsp3) is 0.889. The van der Waals surface area contributed by atoms with Crippen LogP contribution in [-0.2, 0) is 39.1 Å². The molecule has 0 saturated heterocycles. The Hall–Kier alpha value is -0.970. The van der Waals surface area contributed by atoms with Gasteiger partial charge >= 0.3 is 6.16 Å². The Bertz CT molecular complexity index is 169. The van der Waals surface area contributed by atoms with E-state index in [1.165, 1.54) is 0 Å². The second-order valence-corrected chi connectivity index (χ2v) is 2.89. The van der Waals surface area contributed by atoms with Crippen molar-refractivity contribution in [3.63, 3.8) is 0 Å². The molecule has 9 heteroatoms. The minimum absolute atomic E-state index is 0.204. The van der Waals surface area contributed by atoms with Gasteiger partial charge in [-0.2, -0.15) is 14.6 Å². The van der Waals surface area contributed by atoms with Crippen molar-refractivity contribution in [2.75, 3.05) is 40.6 Å². The molecule has 0 aliphatic rings. The zero-order chi connectivity index (χ0) is 13.5. The molecule has 18 heavy (non-hydrogen) atoms. The second-order valence-electron chi connectivity index (χ2n) is 2.89. The highest BCUT2D eigenvalue weighted by Crippen LogP contribution is 1.93. The monoisotopic (exact) mass is 270 g/mol. The predicted molar refractivity (Wildman–Crippen MR) is 54.6 cm³/mol. The minimum Gasteiger partial charge on any atom is -0.385 e. The molecular formula is C9H18O9. The first-order valence-electron chi connectivity index (χ1n) is 5.25. The summed E-state index contributed by atoms with van der Waals surface area (Å²) < 4.78 is 9.50. The molecule has 0 aromatic rings. The third kappa shape index (κ3) is 13.1. The molecule has 0 N–H and O–H groups in total. The zero-order valence-electron chi connectivity index (χ0n) is 10.4. The maximum atomic E-state index is 10.7. The van der Waals surface area contributed by atoms with E-state index in [4.69, 9.17) is 9.47 Å². The predicted octanol–water partition coefficient (Wildman–Crippen LogP) is 0.939. The Morgan fingerprint density at radius 1 is 0.778 bits per heavy atom. The van der Waals surface area contributed by atoms with E-state index < -0.39 is 6.16 Å². The van der Waals surface area contributed by atoms with Gasteiger partial charge in [0.2, 0.25) is 0 Å². The lowest BCUT2D eigenvalue weighted by Gasteiger charge is -2.02. The summed E-state index contributed by atoms with van der Waals surface area (Å²) in [4.78, 5) is 27.6. The SMILES string of the molecule is COCCCOOOC(=O)OOOCCCOC. The molecule has 0 aromatic heterocycles. The van der Waals surface area contributed by atoms with E-state index in [1.807, 2.05) is 0 Å². The van der Waals surface area contributed by atoms with Gasteiger partial charge in [-0.25, -0.2) is 9.78 Å². The average molecular weight is 270 g/mol. The lowest BCUT2D eigenvalue weighted by molar-refractivity contribution is -0.527. The number of rotatable bonds is 12. The van der Waals surface area contributed by atoms with Crippen LogP contribution in [0.25, 0.3) is 0 Å². The molecule has 0 saturated carbocycles. The third-order valence-corrected chi connectivity index (χ3v) is 1.45. The van der Waals surface area contributed by atoms with Crippen LogP contribution in [0.1, 0.15) is 12.8 Å². The van der Waals surface area contributed by atoms with Crippen LogP contribution in [0.15, 0.2) is 0 Å². The molecule has 0 atom stereocenters. The second kappa shape index (κ2) is 14.1. The molecule has 0 radical (unpaired) electrons. The van der Waals surface area contributed by atoms with Crippen molar-refractivity contribution in [1.82, 2.24) is 0 Å². The van der Waals surface area contributed by atoms with Gasteiger partial charge in [0.05, 0.1) is 13.2 Å². The normalized spacial score (nSPS) is 10.3. The summed E-state index contributed by atoms with van der Waals surface area (Å²) in [5, 5.41) is 8.10. The van der Waals surface area contributed by atoms with Crippen LogP contribution >= 0.6 is 0 Å². The van der Waals surface area contributed by atoms with Gasteiger partial charge in [-0.1, -0.05) is 0 Å². The van der Waals surface area contributed by atoms with Gasteiger partial charge in [0.15, 0.2) is 0 Å². The highest BCUT2D eigenvalue weighted by molar-refractivity contribution is 5.57. The van der Waals surface area contributed by atoms with Gasteiger partial charge in [0.25, 0.3) is 0 Å². The van der Waals surface area contributed by atoms with Gasteiger partial charge in [0, 0.05) is 27.4 Å². The third-order valence-electron chi connectivity index (χ3n) is 1.45. The van der Waals surface area contributed by atoms with Crippen molar-refractivity contribution >= 4 is 6.16 Å². The van der Waals surface area contributed by atoms with Crippen LogP contribution in [0.4, 0.5) is 4.79 Å². The molecule has 0 bridgehead atoms. The Balaban J connectivity index is 3.12. The smallest absolute Gasteiger partial charge is 0.385 e. The number of ether oxygens (including phenoxy) is 2. The molecular weight excluding hydrogens is 252 g/mol. The summed E-state index contributed by atoms with van der Waals surface area (Å²) >= 11 is 0. The van der Waals surface area contributed by atoms with E-state index in [-0.39, 0.29) is 13.2 Å². The highest BCUT2D eigenvalue weighted by Gasteiger charge is 2.07. The Kier molecular flexibility index (Phi) is 13.3. The molecule has 0 fully saturated rings. The number of hydrogen-bond donors (Lipinski definition) is 0. The van der Waals surface area contributed by atoms with E-state index in [2.05, 4.69) is 29.6 Å². The van der Waals surface area contributed by atoms with Gasteiger partial charge in [0.1, 0.15) is 0 Å². The first-order valence-corrected chi connectivity index (χ1v) is 5.25. The maximum absolute atomic E-state index is 10.7. The molecule has 0 aliphatic carbocycles. The molecule has 0 rings (SSSR count). The minimum atomic E-state index is -1.26. The topological polar surface area (TPSA) is 90.9 Å². The fourth-order valence-electron chi connectivity index (χ4n) is 0.710. The summed E-state index contributed by atoms with van der Waals surface area (Å²) in [6.07, 6.45) is -0.0735. The molecule has 0 aliphatic heterocycles. The van der Waals surface area contributed by atoms with Crippen molar-refractivity contribution in [3.8, 4) is 0 Å². The summed E-state index contributed by atoms with van der Waals surface area (Å²) in [7, 11) is 3.11. The highest BCUT2D eigenvalue weighted by atomic mass is 17.6. The lowest BCUT2D eigenvalue weighted by atomic mass is 10.5. The van der Waals surface area contributed by atoms with Crippen molar-refractivity contribution in [1.29, 1.82) is 0 Å². The van der Waals surface area contributed by atoms with Gasteiger partial charge in [-0.15, -0.1) is 0 Å². The lowest BCUT2D eigenvalue weighted by Crippen LogP contribution is -2.11. The summed E-state index contributed by atoms with van der Waals surface area (Å²) in [6.45, 7) is 1.42. The van der Waals surface area contributed by atoms with Gasteiger partial charge < -0.3 is 9.47 Å². The van der Waals surface area contributed by atoms with Crippen molar-refractivity contribution in [2.45, 2.75) is 12.8 Å². The van der Waals surface area contributed by atoms with Gasteiger partial charge in [-0.3, -0.25) is 0 Å².